The van der Waals surface area contributed by atoms with Gasteiger partial charge in [0.05, 0.1) is 17.8 Å². The van der Waals surface area contributed by atoms with E-state index >= 15 is 0 Å². The quantitative estimate of drug-likeness (QED) is 0.761. The number of ether oxygens (including phenoxy) is 1. The van der Waals surface area contributed by atoms with Crippen LogP contribution in [0.2, 0.25) is 0 Å². The average molecular weight is 238 g/mol. The second-order valence-electron chi connectivity index (χ2n) is 7.42. The molecule has 6 unspecified atom stereocenters. The molecule has 2 aliphatic heterocycles. The van der Waals surface area contributed by atoms with Gasteiger partial charge in [-0.05, 0) is 55.8 Å². The molecule has 17 heavy (non-hydrogen) atoms. The van der Waals surface area contributed by atoms with Gasteiger partial charge in [-0.2, -0.15) is 0 Å². The molecule has 2 heterocycles. The van der Waals surface area contributed by atoms with Crippen LogP contribution in [0.3, 0.4) is 0 Å². The molecule has 0 aromatic carbocycles. The molecule has 0 aromatic rings. The van der Waals surface area contributed by atoms with E-state index in [9.17, 15) is 5.11 Å². The molecular formula is C15H26O2. The summed E-state index contributed by atoms with van der Waals surface area (Å²) in [6, 6.07) is 0. The van der Waals surface area contributed by atoms with E-state index in [1.54, 1.807) is 0 Å². The van der Waals surface area contributed by atoms with Crippen LogP contribution in [0.1, 0.15) is 53.4 Å². The maximum absolute atomic E-state index is 10.6. The Bertz CT molecular complexity index is 323. The van der Waals surface area contributed by atoms with E-state index in [0.717, 1.165) is 18.8 Å². The highest BCUT2D eigenvalue weighted by molar-refractivity contribution is 5.13. The minimum atomic E-state index is -0.601. The van der Waals surface area contributed by atoms with Crippen molar-refractivity contribution in [3.63, 3.8) is 0 Å². The van der Waals surface area contributed by atoms with E-state index in [2.05, 4.69) is 20.8 Å². The van der Waals surface area contributed by atoms with Gasteiger partial charge >= 0.3 is 0 Å². The molecule has 3 fully saturated rings. The van der Waals surface area contributed by atoms with Crippen LogP contribution in [-0.4, -0.2) is 22.9 Å². The smallest absolute Gasteiger partial charge is 0.0900 e. The predicted molar refractivity (Wildman–Crippen MR) is 67.7 cm³/mol. The van der Waals surface area contributed by atoms with Gasteiger partial charge in [-0.1, -0.05) is 20.8 Å². The molecular weight excluding hydrogens is 212 g/mol. The van der Waals surface area contributed by atoms with Gasteiger partial charge in [0.15, 0.2) is 0 Å². The molecule has 0 aromatic heterocycles. The lowest BCUT2D eigenvalue weighted by atomic mass is 9.70. The molecule has 0 radical (unpaired) electrons. The summed E-state index contributed by atoms with van der Waals surface area (Å²) in [5.74, 6) is 2.02. The van der Waals surface area contributed by atoms with Crippen LogP contribution >= 0.6 is 0 Å². The van der Waals surface area contributed by atoms with E-state index in [-0.39, 0.29) is 6.10 Å². The SMILES string of the molecule is CC(C)C1CCC2(C)C3CCC(C)(O)C(O3)C12. The maximum atomic E-state index is 10.6. The minimum absolute atomic E-state index is 0.0844. The molecule has 6 atom stereocenters. The van der Waals surface area contributed by atoms with Crippen molar-refractivity contribution in [3.8, 4) is 0 Å². The van der Waals surface area contributed by atoms with Crippen LogP contribution in [0.4, 0.5) is 0 Å². The lowest BCUT2D eigenvalue weighted by Crippen LogP contribution is -2.47. The fourth-order valence-electron chi connectivity index (χ4n) is 4.92. The number of hydrogen-bond acceptors (Lipinski definition) is 2. The Morgan fingerprint density at radius 2 is 1.88 bits per heavy atom. The highest BCUT2D eigenvalue weighted by Crippen LogP contribution is 2.63. The maximum Gasteiger partial charge on any atom is 0.0900 e. The summed E-state index contributed by atoms with van der Waals surface area (Å²) >= 11 is 0. The Labute approximate surface area is 105 Å². The van der Waals surface area contributed by atoms with Crippen molar-refractivity contribution in [1.82, 2.24) is 0 Å². The Morgan fingerprint density at radius 3 is 2.53 bits per heavy atom. The number of fused-ring (bicyclic) bond motifs is 5. The monoisotopic (exact) mass is 238 g/mol. The van der Waals surface area contributed by atoms with E-state index in [1.165, 1.54) is 12.8 Å². The van der Waals surface area contributed by atoms with Crippen molar-refractivity contribution in [2.45, 2.75) is 71.2 Å². The van der Waals surface area contributed by atoms with Crippen LogP contribution in [0.15, 0.2) is 0 Å². The predicted octanol–water partition coefficient (Wildman–Crippen LogP) is 2.99. The average Bonchev–Trinajstić information content (AvgIpc) is 2.67. The summed E-state index contributed by atoms with van der Waals surface area (Å²) in [5, 5.41) is 10.6. The zero-order valence-electron chi connectivity index (χ0n) is 11.6. The summed E-state index contributed by atoms with van der Waals surface area (Å²) < 4.78 is 6.21. The van der Waals surface area contributed by atoms with Gasteiger partial charge < -0.3 is 9.84 Å². The van der Waals surface area contributed by atoms with E-state index in [1.807, 2.05) is 6.92 Å². The first-order valence-electron chi connectivity index (χ1n) is 7.24. The lowest BCUT2D eigenvalue weighted by molar-refractivity contribution is -0.152. The number of aliphatic hydroxyl groups is 1. The molecule has 3 aliphatic rings. The van der Waals surface area contributed by atoms with Crippen molar-refractivity contribution in [1.29, 1.82) is 0 Å². The van der Waals surface area contributed by atoms with Gasteiger partial charge in [-0.3, -0.25) is 0 Å². The summed E-state index contributed by atoms with van der Waals surface area (Å²) in [6.45, 7) is 9.04. The van der Waals surface area contributed by atoms with Gasteiger partial charge in [-0.15, -0.1) is 0 Å². The fraction of sp³-hybridized carbons (Fsp3) is 1.00. The standard InChI is InChI=1S/C15H26O2/c1-9(2)10-5-7-14(3)11-6-8-15(4,16)13(17-11)12(10)14/h9-13,16H,5-8H2,1-4H3. The summed E-state index contributed by atoms with van der Waals surface area (Å²) in [4.78, 5) is 0. The largest absolute Gasteiger partial charge is 0.387 e. The highest BCUT2D eigenvalue weighted by Gasteiger charge is 2.65. The molecule has 1 N–H and O–H groups in total. The fourth-order valence-corrected chi connectivity index (χ4v) is 4.92. The van der Waals surface area contributed by atoms with Crippen molar-refractivity contribution in [2.24, 2.45) is 23.2 Å². The Balaban J connectivity index is 1.98. The zero-order chi connectivity index (χ0) is 12.4. The summed E-state index contributed by atoms with van der Waals surface area (Å²) in [6.07, 6.45) is 5.06. The lowest BCUT2D eigenvalue weighted by Gasteiger charge is -2.39. The zero-order valence-corrected chi connectivity index (χ0v) is 11.6. The molecule has 1 saturated carbocycles. The number of hydrogen-bond donors (Lipinski definition) is 1. The second kappa shape index (κ2) is 3.48. The Kier molecular flexibility index (Phi) is 2.45. The van der Waals surface area contributed by atoms with Crippen LogP contribution in [-0.2, 0) is 4.74 Å². The summed E-state index contributed by atoms with van der Waals surface area (Å²) in [7, 11) is 0. The van der Waals surface area contributed by atoms with Crippen LogP contribution < -0.4 is 0 Å². The van der Waals surface area contributed by atoms with Gasteiger partial charge in [-0.25, -0.2) is 0 Å². The molecule has 0 amide bonds. The first kappa shape index (κ1) is 12.0. The molecule has 98 valence electrons. The molecule has 2 bridgehead atoms. The number of rotatable bonds is 1. The molecule has 2 nitrogen and oxygen atoms in total. The summed E-state index contributed by atoms with van der Waals surface area (Å²) in [5.41, 5.74) is -0.267. The minimum Gasteiger partial charge on any atom is -0.387 e. The third-order valence-corrected chi connectivity index (χ3v) is 5.99. The van der Waals surface area contributed by atoms with Crippen molar-refractivity contribution < 1.29 is 9.84 Å². The van der Waals surface area contributed by atoms with Gasteiger partial charge in [0.25, 0.3) is 0 Å². The highest BCUT2D eigenvalue weighted by atomic mass is 16.5. The second-order valence-corrected chi connectivity index (χ2v) is 7.42. The van der Waals surface area contributed by atoms with Gasteiger partial charge in [0, 0.05) is 0 Å². The Hall–Kier alpha value is -0.0800. The molecule has 2 saturated heterocycles. The van der Waals surface area contributed by atoms with E-state index in [4.69, 9.17) is 4.74 Å². The Morgan fingerprint density at radius 1 is 1.18 bits per heavy atom. The van der Waals surface area contributed by atoms with Crippen molar-refractivity contribution in [2.75, 3.05) is 0 Å². The topological polar surface area (TPSA) is 29.5 Å². The van der Waals surface area contributed by atoms with Crippen LogP contribution in [0, 0.1) is 23.2 Å². The third-order valence-electron chi connectivity index (χ3n) is 5.99. The molecule has 0 spiro atoms. The van der Waals surface area contributed by atoms with Crippen LogP contribution in [0.25, 0.3) is 0 Å². The van der Waals surface area contributed by atoms with E-state index in [0.29, 0.717) is 23.4 Å². The molecule has 3 rings (SSSR count). The molecule has 1 aliphatic carbocycles. The third kappa shape index (κ3) is 1.46. The normalized spacial score (nSPS) is 57.5. The van der Waals surface area contributed by atoms with Crippen molar-refractivity contribution >= 4 is 0 Å². The molecule has 2 heteroatoms. The van der Waals surface area contributed by atoms with Gasteiger partial charge in [0.1, 0.15) is 0 Å². The van der Waals surface area contributed by atoms with E-state index < -0.39 is 5.60 Å². The van der Waals surface area contributed by atoms with Gasteiger partial charge in [0.2, 0.25) is 0 Å². The first-order chi connectivity index (χ1) is 7.86. The van der Waals surface area contributed by atoms with Crippen LogP contribution in [0.5, 0.6) is 0 Å². The first-order valence-corrected chi connectivity index (χ1v) is 7.24. The van der Waals surface area contributed by atoms with Crippen molar-refractivity contribution in [3.05, 3.63) is 0 Å².